The number of likely N-dealkylation sites (tertiary alicyclic amines) is 1. The third-order valence-electron chi connectivity index (χ3n) is 8.28. The van der Waals surface area contributed by atoms with Gasteiger partial charge in [0.1, 0.15) is 11.6 Å². The van der Waals surface area contributed by atoms with Crippen molar-refractivity contribution in [2.75, 3.05) is 66.3 Å². The molecule has 212 valence electrons. The lowest BCUT2D eigenvalue weighted by molar-refractivity contribution is -0.124. The van der Waals surface area contributed by atoms with Gasteiger partial charge in [0.15, 0.2) is 0 Å². The molecule has 1 saturated carbocycles. The van der Waals surface area contributed by atoms with E-state index in [1.165, 1.54) is 6.42 Å². The molecule has 2 amide bonds. The maximum Gasteiger partial charge on any atom is 0.413 e. The number of alkyl carbamates (subject to hydrolysis) is 1. The number of carbonyl (C=O) groups is 2. The summed E-state index contributed by atoms with van der Waals surface area (Å²) in [5.41, 5.74) is -0.890. The summed E-state index contributed by atoms with van der Waals surface area (Å²) in [5.74, 6) is 0.683. The molecule has 0 radical (unpaired) electrons. The molecule has 3 aliphatic heterocycles. The van der Waals surface area contributed by atoms with E-state index in [0.29, 0.717) is 70.7 Å². The van der Waals surface area contributed by atoms with Gasteiger partial charge in [-0.25, -0.2) is 9.79 Å². The highest BCUT2D eigenvalue weighted by Gasteiger charge is 2.38. The molecule has 3 heterocycles. The number of piperidine rings is 1. The molecular weight excluding hydrogens is 488 g/mol. The standard InChI is InChI=1S/C27H44N6O5/c1-32-10-8-27(20-28,9-11-32)31-24(34)23(17-21-5-3-2-4-6-21)29-25(33-12-15-36-16-13-33)30-26(35)38-19-22-7-14-37-18-22/h21-23H,2-19H2,1H3,(H,31,34)(H,29,30,35)/t22-,23-/m0/s1. The van der Waals surface area contributed by atoms with Crippen molar-refractivity contribution in [2.24, 2.45) is 16.8 Å². The van der Waals surface area contributed by atoms with E-state index in [1.54, 1.807) is 0 Å². The minimum atomic E-state index is -0.890. The van der Waals surface area contributed by atoms with Crippen LogP contribution in [0.15, 0.2) is 4.99 Å². The number of carbonyl (C=O) groups excluding carboxylic acids is 2. The van der Waals surface area contributed by atoms with Crippen molar-refractivity contribution in [3.8, 4) is 6.07 Å². The number of nitrogens with one attached hydrogen (secondary N) is 2. The number of hydrogen-bond acceptors (Lipinski definition) is 8. The topological polar surface area (TPSA) is 129 Å². The maximum absolute atomic E-state index is 13.8. The Balaban J connectivity index is 1.51. The molecule has 11 nitrogen and oxygen atoms in total. The molecule has 4 aliphatic rings. The number of amides is 2. The Morgan fingerprint density at radius 2 is 1.79 bits per heavy atom. The van der Waals surface area contributed by atoms with Crippen LogP contribution in [0.3, 0.4) is 0 Å². The van der Waals surface area contributed by atoms with Crippen molar-refractivity contribution in [2.45, 2.75) is 69.4 Å². The highest BCUT2D eigenvalue weighted by atomic mass is 16.6. The van der Waals surface area contributed by atoms with E-state index in [0.717, 1.165) is 45.2 Å². The Hall–Kier alpha value is -2.42. The number of morpholine rings is 1. The SMILES string of the molecule is CN1CCC(C#N)(NC(=O)[C@H](CC2CCCCC2)N=C(NC(=O)OC[C@H]2CCOC2)N2CCOCC2)CC1. The minimum absolute atomic E-state index is 0.200. The molecule has 2 atom stereocenters. The third-order valence-corrected chi connectivity index (χ3v) is 8.28. The zero-order valence-electron chi connectivity index (χ0n) is 22.8. The van der Waals surface area contributed by atoms with Gasteiger partial charge in [-0.2, -0.15) is 5.26 Å². The quantitative estimate of drug-likeness (QED) is 0.376. The predicted molar refractivity (Wildman–Crippen MR) is 141 cm³/mol. The third kappa shape index (κ3) is 8.29. The molecule has 4 rings (SSSR count). The highest BCUT2D eigenvalue weighted by Crippen LogP contribution is 2.29. The molecule has 2 N–H and O–H groups in total. The second-order valence-electron chi connectivity index (χ2n) is 11.2. The van der Waals surface area contributed by atoms with Crippen LogP contribution < -0.4 is 10.6 Å². The lowest BCUT2D eigenvalue weighted by Gasteiger charge is -2.37. The summed E-state index contributed by atoms with van der Waals surface area (Å²) in [6.07, 6.45) is 7.72. The van der Waals surface area contributed by atoms with Gasteiger partial charge in [0.2, 0.25) is 11.9 Å². The fraction of sp³-hybridized carbons (Fsp3) is 0.852. The van der Waals surface area contributed by atoms with E-state index in [1.807, 2.05) is 11.9 Å². The fourth-order valence-corrected chi connectivity index (χ4v) is 5.69. The van der Waals surface area contributed by atoms with Crippen LogP contribution >= 0.6 is 0 Å². The summed E-state index contributed by atoms with van der Waals surface area (Å²) in [4.78, 5) is 35.5. The molecule has 0 aromatic rings. The number of hydrogen-bond donors (Lipinski definition) is 2. The molecule has 11 heteroatoms. The Bertz CT molecular complexity index is 851. The van der Waals surface area contributed by atoms with Crippen molar-refractivity contribution in [3.63, 3.8) is 0 Å². The Morgan fingerprint density at radius 3 is 2.45 bits per heavy atom. The number of nitrogens with zero attached hydrogens (tertiary/aromatic N) is 4. The molecule has 0 unspecified atom stereocenters. The van der Waals surface area contributed by atoms with Gasteiger partial charge in [0, 0.05) is 38.7 Å². The maximum atomic E-state index is 13.8. The van der Waals surface area contributed by atoms with E-state index >= 15 is 0 Å². The van der Waals surface area contributed by atoms with E-state index < -0.39 is 17.7 Å². The number of nitriles is 1. The van der Waals surface area contributed by atoms with Gasteiger partial charge in [0.25, 0.3) is 0 Å². The lowest BCUT2D eigenvalue weighted by atomic mass is 9.84. The summed E-state index contributed by atoms with van der Waals surface area (Å²) >= 11 is 0. The smallest absolute Gasteiger partial charge is 0.413 e. The molecular formula is C27H44N6O5. The molecule has 0 aromatic heterocycles. The van der Waals surface area contributed by atoms with Crippen LogP contribution in [-0.4, -0.2) is 106 Å². The number of rotatable bonds is 7. The number of guanidine groups is 1. The van der Waals surface area contributed by atoms with Crippen molar-refractivity contribution in [1.29, 1.82) is 5.26 Å². The summed E-state index contributed by atoms with van der Waals surface area (Å²) in [6.45, 7) is 5.22. The summed E-state index contributed by atoms with van der Waals surface area (Å²) in [7, 11) is 2.03. The van der Waals surface area contributed by atoms with Crippen LogP contribution in [-0.2, 0) is 19.0 Å². The minimum Gasteiger partial charge on any atom is -0.449 e. The highest BCUT2D eigenvalue weighted by molar-refractivity contribution is 5.96. The van der Waals surface area contributed by atoms with Crippen LogP contribution in [0.5, 0.6) is 0 Å². The van der Waals surface area contributed by atoms with Gasteiger partial charge in [-0.1, -0.05) is 32.1 Å². The second kappa shape index (κ2) is 14.1. The fourth-order valence-electron chi connectivity index (χ4n) is 5.69. The van der Waals surface area contributed by atoms with Crippen molar-refractivity contribution >= 4 is 18.0 Å². The van der Waals surface area contributed by atoms with Gasteiger partial charge in [-0.15, -0.1) is 0 Å². The second-order valence-corrected chi connectivity index (χ2v) is 11.2. The van der Waals surface area contributed by atoms with Gasteiger partial charge in [0.05, 0.1) is 32.5 Å². The van der Waals surface area contributed by atoms with Crippen LogP contribution in [0.4, 0.5) is 4.79 Å². The molecule has 3 saturated heterocycles. The molecule has 0 bridgehead atoms. The van der Waals surface area contributed by atoms with Crippen LogP contribution in [0.1, 0.15) is 57.8 Å². The van der Waals surface area contributed by atoms with Crippen LogP contribution in [0.25, 0.3) is 0 Å². The number of ether oxygens (including phenoxy) is 3. The van der Waals surface area contributed by atoms with Crippen molar-refractivity contribution in [3.05, 3.63) is 0 Å². The first kappa shape index (κ1) is 28.6. The van der Waals surface area contributed by atoms with Crippen LogP contribution in [0.2, 0.25) is 0 Å². The Labute approximate surface area is 226 Å². The van der Waals surface area contributed by atoms with Crippen molar-refractivity contribution in [1.82, 2.24) is 20.4 Å². The molecule has 0 aromatic carbocycles. The molecule has 38 heavy (non-hydrogen) atoms. The van der Waals surface area contributed by atoms with Gasteiger partial charge >= 0.3 is 6.09 Å². The summed E-state index contributed by atoms with van der Waals surface area (Å²) < 4.78 is 16.4. The monoisotopic (exact) mass is 532 g/mol. The first-order valence-corrected chi connectivity index (χ1v) is 14.3. The van der Waals surface area contributed by atoms with Gasteiger partial charge < -0.3 is 29.3 Å². The van der Waals surface area contributed by atoms with E-state index in [9.17, 15) is 14.9 Å². The average molecular weight is 533 g/mol. The first-order valence-electron chi connectivity index (χ1n) is 14.3. The van der Waals surface area contributed by atoms with E-state index in [-0.39, 0.29) is 18.4 Å². The Kier molecular flexibility index (Phi) is 10.6. The van der Waals surface area contributed by atoms with E-state index in [2.05, 4.69) is 21.6 Å². The van der Waals surface area contributed by atoms with Crippen LogP contribution in [0, 0.1) is 23.2 Å². The summed E-state index contributed by atoms with van der Waals surface area (Å²) in [5, 5.41) is 15.9. The zero-order chi connectivity index (χ0) is 26.8. The lowest BCUT2D eigenvalue weighted by Crippen LogP contribution is -2.56. The van der Waals surface area contributed by atoms with Gasteiger partial charge in [-0.3, -0.25) is 10.1 Å². The largest absolute Gasteiger partial charge is 0.449 e. The molecule has 1 aliphatic carbocycles. The predicted octanol–water partition coefficient (Wildman–Crippen LogP) is 1.88. The molecule has 4 fully saturated rings. The number of aliphatic imine (C=N–C) groups is 1. The first-order chi connectivity index (χ1) is 18.5. The van der Waals surface area contributed by atoms with Gasteiger partial charge in [-0.05, 0) is 38.6 Å². The van der Waals surface area contributed by atoms with Crippen molar-refractivity contribution < 1.29 is 23.8 Å². The zero-order valence-corrected chi connectivity index (χ0v) is 22.8. The van der Waals surface area contributed by atoms with E-state index in [4.69, 9.17) is 19.2 Å². The summed E-state index contributed by atoms with van der Waals surface area (Å²) in [6, 6.07) is 1.68. The normalized spacial score (nSPS) is 25.8. The Morgan fingerprint density at radius 1 is 1.05 bits per heavy atom. The average Bonchev–Trinajstić information content (AvgIpc) is 3.47. The molecule has 0 spiro atoms.